The van der Waals surface area contributed by atoms with Crippen LogP contribution in [0.5, 0.6) is 11.5 Å². The summed E-state index contributed by atoms with van der Waals surface area (Å²) in [5, 5.41) is 25.5. The van der Waals surface area contributed by atoms with E-state index in [2.05, 4.69) is 17.6 Å². The molecule has 4 N–H and O–H groups in total. The number of amides is 3. The Morgan fingerprint density at radius 2 is 1.35 bits per heavy atom. The lowest BCUT2D eigenvalue weighted by molar-refractivity contribution is -0.143. The predicted octanol–water partition coefficient (Wildman–Crippen LogP) is 6.38. The Morgan fingerprint density at radius 3 is 1.88 bits per heavy atom. The number of aromatic hydroxyl groups is 2. The SMILES string of the molecule is CCCCCCCCN(C(=O)C(Cc1ccc(O)cc1)NC(=O)OC(C)(C)C)C(C(=O)NC(C)(C)C)c1ccc(O)cc1. The number of alkyl carbamates (subject to hydrolysis) is 1. The third kappa shape index (κ3) is 13.0. The van der Waals surface area contributed by atoms with Gasteiger partial charge in [0.05, 0.1) is 0 Å². The molecule has 0 saturated carbocycles. The minimum absolute atomic E-state index is 0.0457. The van der Waals surface area contributed by atoms with E-state index in [0.29, 0.717) is 17.5 Å². The molecule has 2 atom stereocenters. The number of rotatable bonds is 14. The lowest BCUT2D eigenvalue weighted by atomic mass is 9.98. The number of hydrogen-bond donors (Lipinski definition) is 4. The third-order valence-electron chi connectivity index (χ3n) is 6.67. The van der Waals surface area contributed by atoms with Crippen LogP contribution < -0.4 is 10.6 Å². The standard InChI is InChI=1S/C34H51N3O6/c1-8-9-10-11-12-13-22-37(29(30(40)36-33(2,3)4)25-16-20-27(39)21-17-25)31(41)28(35-32(42)43-34(5,6)7)23-24-14-18-26(38)19-15-24/h14-21,28-29,38-39H,8-13,22-23H2,1-7H3,(H,35,42)(H,36,40). The molecule has 0 aromatic heterocycles. The second-order valence-corrected chi connectivity index (χ2v) is 13.1. The Balaban J connectivity index is 2.54. The summed E-state index contributed by atoms with van der Waals surface area (Å²) in [7, 11) is 0. The maximum atomic E-state index is 14.5. The first kappa shape index (κ1) is 35.4. The molecule has 0 aliphatic heterocycles. The second kappa shape index (κ2) is 16.2. The molecule has 0 aliphatic rings. The van der Waals surface area contributed by atoms with E-state index >= 15 is 0 Å². The molecule has 0 heterocycles. The summed E-state index contributed by atoms with van der Waals surface area (Å²) in [6.45, 7) is 13.3. The quantitative estimate of drug-likeness (QED) is 0.187. The third-order valence-corrected chi connectivity index (χ3v) is 6.67. The molecule has 238 valence electrons. The Hall–Kier alpha value is -3.75. The van der Waals surface area contributed by atoms with E-state index in [1.165, 1.54) is 29.2 Å². The average molecular weight is 598 g/mol. The molecule has 9 nitrogen and oxygen atoms in total. The van der Waals surface area contributed by atoms with Crippen LogP contribution in [0.1, 0.15) is 104 Å². The van der Waals surface area contributed by atoms with Gasteiger partial charge in [0.2, 0.25) is 11.8 Å². The van der Waals surface area contributed by atoms with Gasteiger partial charge in [0.15, 0.2) is 0 Å². The summed E-state index contributed by atoms with van der Waals surface area (Å²) in [6, 6.07) is 10.6. The smallest absolute Gasteiger partial charge is 0.408 e. The van der Waals surface area contributed by atoms with Crippen molar-refractivity contribution >= 4 is 17.9 Å². The number of nitrogens with zero attached hydrogens (tertiary/aromatic N) is 1. The topological polar surface area (TPSA) is 128 Å². The van der Waals surface area contributed by atoms with E-state index < -0.39 is 35.2 Å². The molecule has 2 aromatic carbocycles. The Morgan fingerprint density at radius 1 is 0.814 bits per heavy atom. The average Bonchev–Trinajstić information content (AvgIpc) is 2.89. The van der Waals surface area contributed by atoms with Crippen LogP contribution in [0.15, 0.2) is 48.5 Å². The summed E-state index contributed by atoms with van der Waals surface area (Å²) in [4.78, 5) is 42.9. The van der Waals surface area contributed by atoms with Crippen LogP contribution >= 0.6 is 0 Å². The molecule has 43 heavy (non-hydrogen) atoms. The number of carbonyl (C=O) groups is 3. The summed E-state index contributed by atoms with van der Waals surface area (Å²) < 4.78 is 5.49. The second-order valence-electron chi connectivity index (χ2n) is 13.1. The van der Waals surface area contributed by atoms with Crippen LogP contribution in [0.25, 0.3) is 0 Å². The normalized spacial score (nSPS) is 13.1. The van der Waals surface area contributed by atoms with Crippen molar-refractivity contribution in [3.05, 3.63) is 59.7 Å². The van der Waals surface area contributed by atoms with Gasteiger partial charge in [-0.1, -0.05) is 63.3 Å². The van der Waals surface area contributed by atoms with Crippen LogP contribution in [-0.4, -0.2) is 56.7 Å². The zero-order chi connectivity index (χ0) is 32.2. The van der Waals surface area contributed by atoms with E-state index in [4.69, 9.17) is 4.74 Å². The fraction of sp³-hybridized carbons (Fsp3) is 0.559. The highest BCUT2D eigenvalue weighted by Gasteiger charge is 2.37. The van der Waals surface area contributed by atoms with Gasteiger partial charge in [0.25, 0.3) is 0 Å². The van der Waals surface area contributed by atoms with Crippen molar-refractivity contribution < 1.29 is 29.3 Å². The number of phenols is 2. The van der Waals surface area contributed by atoms with Gasteiger partial charge < -0.3 is 30.5 Å². The van der Waals surface area contributed by atoms with Crippen molar-refractivity contribution in [3.63, 3.8) is 0 Å². The minimum Gasteiger partial charge on any atom is -0.508 e. The van der Waals surface area contributed by atoms with Crippen LogP contribution in [0.2, 0.25) is 0 Å². The van der Waals surface area contributed by atoms with Crippen molar-refractivity contribution in [2.24, 2.45) is 0 Å². The molecule has 2 unspecified atom stereocenters. The molecular formula is C34H51N3O6. The highest BCUT2D eigenvalue weighted by Crippen LogP contribution is 2.27. The zero-order valence-electron chi connectivity index (χ0n) is 26.9. The number of carbonyl (C=O) groups excluding carboxylic acids is 3. The van der Waals surface area contributed by atoms with Crippen molar-refractivity contribution in [1.82, 2.24) is 15.5 Å². The van der Waals surface area contributed by atoms with Crippen LogP contribution in [0.3, 0.4) is 0 Å². The number of hydrogen-bond acceptors (Lipinski definition) is 6. The van der Waals surface area contributed by atoms with Crippen molar-refractivity contribution in [3.8, 4) is 11.5 Å². The van der Waals surface area contributed by atoms with E-state index in [-0.39, 0.29) is 30.4 Å². The zero-order valence-corrected chi connectivity index (χ0v) is 26.9. The first-order chi connectivity index (χ1) is 20.1. The summed E-state index contributed by atoms with van der Waals surface area (Å²) >= 11 is 0. The van der Waals surface area contributed by atoms with Crippen LogP contribution in [0, 0.1) is 0 Å². The van der Waals surface area contributed by atoms with Crippen LogP contribution in [-0.2, 0) is 20.7 Å². The van der Waals surface area contributed by atoms with Gasteiger partial charge in [0, 0.05) is 18.5 Å². The summed E-state index contributed by atoms with van der Waals surface area (Å²) in [5.74, 6) is -0.667. The van der Waals surface area contributed by atoms with Gasteiger partial charge in [-0.3, -0.25) is 9.59 Å². The largest absolute Gasteiger partial charge is 0.508 e. The lowest BCUT2D eigenvalue weighted by Crippen LogP contribution is -2.55. The molecule has 2 rings (SSSR count). The molecule has 2 aromatic rings. The Bertz CT molecular complexity index is 1170. The van der Waals surface area contributed by atoms with Gasteiger partial charge in [-0.05, 0) is 83.4 Å². The molecule has 3 amide bonds. The van der Waals surface area contributed by atoms with E-state index in [9.17, 15) is 24.6 Å². The van der Waals surface area contributed by atoms with Crippen molar-refractivity contribution in [2.45, 2.75) is 117 Å². The monoisotopic (exact) mass is 597 g/mol. The van der Waals surface area contributed by atoms with Gasteiger partial charge >= 0.3 is 6.09 Å². The van der Waals surface area contributed by atoms with Gasteiger partial charge in [-0.15, -0.1) is 0 Å². The fourth-order valence-corrected chi connectivity index (χ4v) is 4.71. The number of ether oxygens (including phenoxy) is 1. The molecule has 0 radical (unpaired) electrons. The summed E-state index contributed by atoms with van der Waals surface area (Å²) in [6.07, 6.45) is 5.30. The molecular weight excluding hydrogens is 546 g/mol. The Labute approximate surface area is 257 Å². The van der Waals surface area contributed by atoms with Gasteiger partial charge in [-0.25, -0.2) is 4.79 Å². The molecule has 0 spiro atoms. The molecule has 0 bridgehead atoms. The highest BCUT2D eigenvalue weighted by molar-refractivity contribution is 5.92. The van der Waals surface area contributed by atoms with E-state index in [1.807, 2.05) is 20.8 Å². The number of benzene rings is 2. The number of nitrogens with one attached hydrogen (secondary N) is 2. The van der Waals surface area contributed by atoms with Crippen molar-refractivity contribution in [2.75, 3.05) is 6.54 Å². The fourth-order valence-electron chi connectivity index (χ4n) is 4.71. The maximum Gasteiger partial charge on any atom is 0.408 e. The first-order valence-electron chi connectivity index (χ1n) is 15.3. The van der Waals surface area contributed by atoms with Gasteiger partial charge in [0.1, 0.15) is 29.2 Å². The minimum atomic E-state index is -1.05. The van der Waals surface area contributed by atoms with Crippen LogP contribution in [0.4, 0.5) is 4.79 Å². The molecule has 0 aliphatic carbocycles. The molecule has 9 heteroatoms. The number of phenolic OH excluding ortho intramolecular Hbond substituents is 2. The van der Waals surface area contributed by atoms with Gasteiger partial charge in [-0.2, -0.15) is 0 Å². The predicted molar refractivity (Wildman–Crippen MR) is 169 cm³/mol. The molecule has 0 fully saturated rings. The van der Waals surface area contributed by atoms with Crippen molar-refractivity contribution in [1.29, 1.82) is 0 Å². The maximum absolute atomic E-state index is 14.5. The number of unbranched alkanes of at least 4 members (excludes halogenated alkanes) is 5. The highest BCUT2D eigenvalue weighted by atomic mass is 16.6. The molecule has 0 saturated heterocycles. The van der Waals surface area contributed by atoms with E-state index in [0.717, 1.165) is 32.1 Å². The first-order valence-corrected chi connectivity index (χ1v) is 15.3. The summed E-state index contributed by atoms with van der Waals surface area (Å²) in [5.41, 5.74) is -0.0942. The Kier molecular flexibility index (Phi) is 13.3. The lowest BCUT2D eigenvalue weighted by Gasteiger charge is -2.36. The van der Waals surface area contributed by atoms with E-state index in [1.54, 1.807) is 45.0 Å².